The molecule has 0 radical (unpaired) electrons. The van der Waals surface area contributed by atoms with Crippen LogP contribution in [-0.2, 0) is 0 Å². The van der Waals surface area contributed by atoms with Gasteiger partial charge in [-0.15, -0.1) is 22.7 Å². The molecule has 0 amide bonds. The Hall–Kier alpha value is -2.73. The van der Waals surface area contributed by atoms with Gasteiger partial charge in [-0.1, -0.05) is 0 Å². The molecule has 0 N–H and O–H groups in total. The molecule has 0 atom stereocenters. The van der Waals surface area contributed by atoms with Crippen LogP contribution in [0.15, 0.2) is 48.8 Å². The molecule has 0 saturated carbocycles. The van der Waals surface area contributed by atoms with Gasteiger partial charge in [-0.25, -0.2) is 0 Å². The van der Waals surface area contributed by atoms with Crippen LogP contribution in [-0.4, -0.2) is 4.98 Å². The van der Waals surface area contributed by atoms with E-state index in [0.29, 0.717) is 0 Å². The molecule has 0 aliphatic rings. The first kappa shape index (κ1) is 15.2. The van der Waals surface area contributed by atoms with Crippen LogP contribution < -0.4 is 0 Å². The van der Waals surface area contributed by atoms with Crippen LogP contribution in [0.25, 0.3) is 22.6 Å². The lowest BCUT2D eigenvalue weighted by molar-refractivity contribution is 1.14. The Morgan fingerprint density at radius 2 is 1.52 bits per heavy atom. The maximum Gasteiger partial charge on any atom is 0.167 e. The number of nitrogens with zero attached hydrogens (tertiary/aromatic N) is 3. The monoisotopic (exact) mass is 333 g/mol. The van der Waals surface area contributed by atoms with Crippen molar-refractivity contribution in [3.8, 4) is 22.6 Å². The second kappa shape index (κ2) is 7.02. The predicted molar refractivity (Wildman–Crippen MR) is 94.8 cm³/mol. The molecular weight excluding hydrogens is 322 g/mol. The van der Waals surface area contributed by atoms with E-state index in [9.17, 15) is 0 Å². The first-order valence-corrected chi connectivity index (χ1v) is 8.51. The number of hydrogen-bond acceptors (Lipinski definition) is 5. The quantitative estimate of drug-likeness (QED) is 0.661. The van der Waals surface area contributed by atoms with Crippen molar-refractivity contribution in [2.45, 2.75) is 5.92 Å². The fraction of sp³-hybridized carbons (Fsp3) is 0.0556. The van der Waals surface area contributed by atoms with Gasteiger partial charge in [0.05, 0.1) is 12.1 Å². The van der Waals surface area contributed by atoms with Crippen LogP contribution >= 0.6 is 22.7 Å². The number of thiophene rings is 2. The Labute approximate surface area is 142 Å². The molecule has 23 heavy (non-hydrogen) atoms. The maximum absolute atomic E-state index is 8.92. The van der Waals surface area contributed by atoms with Crippen LogP contribution in [0.2, 0.25) is 0 Å². The average Bonchev–Trinajstić information content (AvgIpc) is 3.24. The van der Waals surface area contributed by atoms with E-state index in [1.54, 1.807) is 23.7 Å². The Balaban J connectivity index is 1.76. The Kier molecular flexibility index (Phi) is 4.63. The minimum Gasteiger partial charge on any atom is -0.265 e. The highest BCUT2D eigenvalue weighted by Gasteiger charge is 2.11. The van der Waals surface area contributed by atoms with Crippen molar-refractivity contribution >= 4 is 34.8 Å². The second-order valence-corrected chi connectivity index (χ2v) is 6.96. The number of hydrogen-bond donors (Lipinski definition) is 0. The normalized spacial score (nSPS) is 10.7. The van der Waals surface area contributed by atoms with Crippen molar-refractivity contribution in [1.29, 1.82) is 10.5 Å². The van der Waals surface area contributed by atoms with Crippen LogP contribution in [0.1, 0.15) is 20.5 Å². The Morgan fingerprint density at radius 1 is 0.870 bits per heavy atom. The van der Waals surface area contributed by atoms with E-state index < -0.39 is 5.92 Å². The van der Waals surface area contributed by atoms with Crippen molar-refractivity contribution in [2.75, 3.05) is 0 Å². The molecule has 0 bridgehead atoms. The highest BCUT2D eigenvalue weighted by molar-refractivity contribution is 7.16. The maximum atomic E-state index is 8.92. The lowest BCUT2D eigenvalue weighted by atomic mass is 10.1. The van der Waals surface area contributed by atoms with Crippen LogP contribution in [0.4, 0.5) is 0 Å². The van der Waals surface area contributed by atoms with E-state index in [-0.39, 0.29) is 0 Å². The third-order valence-corrected chi connectivity index (χ3v) is 5.41. The largest absolute Gasteiger partial charge is 0.265 e. The smallest absolute Gasteiger partial charge is 0.167 e. The molecule has 0 aromatic carbocycles. The van der Waals surface area contributed by atoms with E-state index in [1.165, 1.54) is 16.2 Å². The van der Waals surface area contributed by atoms with Gasteiger partial charge < -0.3 is 0 Å². The van der Waals surface area contributed by atoms with Gasteiger partial charge >= 0.3 is 0 Å². The van der Waals surface area contributed by atoms with Gasteiger partial charge in [-0.05, 0) is 54.1 Å². The molecular formula is C18H11N3S2. The summed E-state index contributed by atoms with van der Waals surface area (Å²) in [6.07, 6.45) is 7.65. The van der Waals surface area contributed by atoms with Crippen molar-refractivity contribution in [3.05, 3.63) is 63.4 Å². The summed E-state index contributed by atoms with van der Waals surface area (Å²) in [4.78, 5) is 8.22. The van der Waals surface area contributed by atoms with E-state index in [0.717, 1.165) is 20.2 Å². The summed E-state index contributed by atoms with van der Waals surface area (Å²) in [5.41, 5.74) is 1.16. The fourth-order valence-corrected chi connectivity index (χ4v) is 3.87. The standard InChI is InChI=1S/C18H11N3S2/c19-11-14(12-20)18-6-4-16(23-18)2-1-15-3-5-17(22-15)13-7-9-21-10-8-13/h1-10,14H/b2-1+. The molecule has 3 aromatic rings. The van der Waals surface area contributed by atoms with Gasteiger partial charge in [0, 0.05) is 31.9 Å². The van der Waals surface area contributed by atoms with E-state index >= 15 is 0 Å². The number of aromatic nitrogens is 1. The van der Waals surface area contributed by atoms with Crippen LogP contribution in [0.5, 0.6) is 0 Å². The summed E-state index contributed by atoms with van der Waals surface area (Å²) >= 11 is 3.19. The molecule has 0 aliphatic carbocycles. The van der Waals surface area contributed by atoms with Gasteiger partial charge in [0.1, 0.15) is 0 Å². The topological polar surface area (TPSA) is 60.5 Å². The third kappa shape index (κ3) is 3.54. The summed E-state index contributed by atoms with van der Waals surface area (Å²) in [6.45, 7) is 0. The van der Waals surface area contributed by atoms with Crippen molar-refractivity contribution in [3.63, 3.8) is 0 Å². The van der Waals surface area contributed by atoms with Crippen molar-refractivity contribution in [2.24, 2.45) is 0 Å². The highest BCUT2D eigenvalue weighted by Crippen LogP contribution is 2.30. The van der Waals surface area contributed by atoms with Crippen LogP contribution in [0, 0.1) is 22.7 Å². The van der Waals surface area contributed by atoms with Gasteiger partial charge in [0.25, 0.3) is 0 Å². The first-order valence-electron chi connectivity index (χ1n) is 6.87. The molecule has 3 heterocycles. The minimum absolute atomic E-state index is 0.679. The SMILES string of the molecule is N#CC(C#N)c1ccc(/C=C/c2ccc(-c3ccncc3)s2)s1. The van der Waals surface area contributed by atoms with Gasteiger partial charge in [-0.2, -0.15) is 10.5 Å². The zero-order chi connectivity index (χ0) is 16.1. The highest BCUT2D eigenvalue weighted by atomic mass is 32.1. The Bertz CT molecular complexity index is 894. The number of pyridine rings is 1. The molecule has 3 rings (SSSR count). The summed E-state index contributed by atoms with van der Waals surface area (Å²) in [7, 11) is 0. The fourth-order valence-electron chi connectivity index (χ4n) is 2.05. The van der Waals surface area contributed by atoms with E-state index in [4.69, 9.17) is 10.5 Å². The Morgan fingerprint density at radius 3 is 2.22 bits per heavy atom. The first-order chi connectivity index (χ1) is 11.3. The molecule has 3 aromatic heterocycles. The molecule has 0 fully saturated rings. The summed E-state index contributed by atoms with van der Waals surface area (Å²) < 4.78 is 0. The molecule has 0 unspecified atom stereocenters. The lowest BCUT2D eigenvalue weighted by Gasteiger charge is -1.93. The molecule has 3 nitrogen and oxygen atoms in total. The van der Waals surface area contributed by atoms with Gasteiger partial charge in [-0.3, -0.25) is 4.98 Å². The number of nitriles is 2. The average molecular weight is 333 g/mol. The van der Waals surface area contributed by atoms with Gasteiger partial charge in [0.15, 0.2) is 5.92 Å². The lowest BCUT2D eigenvalue weighted by Crippen LogP contribution is -1.85. The molecule has 0 aliphatic heterocycles. The van der Waals surface area contributed by atoms with E-state index in [1.807, 2.05) is 42.5 Å². The van der Waals surface area contributed by atoms with Crippen LogP contribution in [0.3, 0.4) is 0 Å². The third-order valence-electron chi connectivity index (χ3n) is 3.19. The van der Waals surface area contributed by atoms with Crippen molar-refractivity contribution < 1.29 is 0 Å². The number of rotatable bonds is 4. The summed E-state index contributed by atoms with van der Waals surface area (Å²) in [6, 6.07) is 16.0. The predicted octanol–water partition coefficient (Wildman–Crippen LogP) is 5.17. The van der Waals surface area contributed by atoms with Gasteiger partial charge in [0.2, 0.25) is 0 Å². The van der Waals surface area contributed by atoms with Crippen molar-refractivity contribution in [1.82, 2.24) is 4.98 Å². The zero-order valence-corrected chi connectivity index (χ0v) is 13.6. The van der Waals surface area contributed by atoms with E-state index in [2.05, 4.69) is 23.2 Å². The summed E-state index contributed by atoms with van der Waals surface area (Å²) in [5, 5.41) is 17.8. The second-order valence-electron chi connectivity index (χ2n) is 4.70. The molecule has 110 valence electrons. The molecule has 5 heteroatoms. The zero-order valence-electron chi connectivity index (χ0n) is 12.0. The minimum atomic E-state index is -0.679. The summed E-state index contributed by atoms with van der Waals surface area (Å²) in [5.74, 6) is -0.679. The molecule has 0 saturated heterocycles. The molecule has 0 spiro atoms.